The van der Waals surface area contributed by atoms with Gasteiger partial charge in [0.1, 0.15) is 0 Å². The summed E-state index contributed by atoms with van der Waals surface area (Å²) in [4.78, 5) is 17.1. The van der Waals surface area contributed by atoms with Crippen molar-refractivity contribution in [3.05, 3.63) is 53.2 Å². The second-order valence-corrected chi connectivity index (χ2v) is 5.08. The van der Waals surface area contributed by atoms with E-state index in [9.17, 15) is 4.79 Å². The SMILES string of the molecule is O=C(Cc1cccs1)Nc1cnccc1-n1ccnn1. The van der Waals surface area contributed by atoms with Gasteiger partial charge < -0.3 is 5.32 Å². The van der Waals surface area contributed by atoms with Gasteiger partial charge in [0.05, 0.1) is 36.4 Å². The largest absolute Gasteiger partial charge is 0.323 e. The third kappa shape index (κ3) is 2.72. The summed E-state index contributed by atoms with van der Waals surface area (Å²) >= 11 is 1.56. The van der Waals surface area contributed by atoms with Crippen molar-refractivity contribution in [2.24, 2.45) is 0 Å². The van der Waals surface area contributed by atoms with E-state index in [1.54, 1.807) is 46.9 Å². The molecule has 0 saturated heterocycles. The molecule has 1 amide bonds. The van der Waals surface area contributed by atoms with Gasteiger partial charge in [0.2, 0.25) is 5.91 Å². The van der Waals surface area contributed by atoms with E-state index in [0.29, 0.717) is 12.1 Å². The van der Waals surface area contributed by atoms with Crippen molar-refractivity contribution < 1.29 is 4.79 Å². The number of amides is 1. The number of rotatable bonds is 4. The molecule has 0 aliphatic rings. The highest BCUT2D eigenvalue weighted by molar-refractivity contribution is 7.10. The molecule has 6 nitrogen and oxygen atoms in total. The molecule has 0 aliphatic carbocycles. The Labute approximate surface area is 119 Å². The maximum Gasteiger partial charge on any atom is 0.229 e. The monoisotopic (exact) mass is 285 g/mol. The maximum absolute atomic E-state index is 12.0. The topological polar surface area (TPSA) is 72.7 Å². The van der Waals surface area contributed by atoms with E-state index in [-0.39, 0.29) is 5.91 Å². The van der Waals surface area contributed by atoms with Crippen LogP contribution in [-0.4, -0.2) is 25.9 Å². The van der Waals surface area contributed by atoms with Crippen LogP contribution in [0.1, 0.15) is 4.88 Å². The number of carbonyl (C=O) groups excluding carboxylic acids is 1. The van der Waals surface area contributed by atoms with Crippen molar-refractivity contribution in [3.63, 3.8) is 0 Å². The zero-order valence-electron chi connectivity index (χ0n) is 10.4. The van der Waals surface area contributed by atoms with E-state index >= 15 is 0 Å². The number of hydrogen-bond acceptors (Lipinski definition) is 5. The van der Waals surface area contributed by atoms with Crippen molar-refractivity contribution >= 4 is 22.9 Å². The molecule has 3 aromatic heterocycles. The zero-order chi connectivity index (χ0) is 13.8. The van der Waals surface area contributed by atoms with Gasteiger partial charge in [0.15, 0.2) is 0 Å². The second-order valence-electron chi connectivity index (χ2n) is 4.04. The molecule has 3 rings (SSSR count). The number of thiophene rings is 1. The van der Waals surface area contributed by atoms with Crippen LogP contribution in [0.3, 0.4) is 0 Å². The van der Waals surface area contributed by atoms with Crippen LogP contribution < -0.4 is 5.32 Å². The average molecular weight is 285 g/mol. The molecule has 0 aromatic carbocycles. The van der Waals surface area contributed by atoms with E-state index in [2.05, 4.69) is 20.6 Å². The van der Waals surface area contributed by atoms with Gasteiger partial charge in [-0.05, 0) is 17.5 Å². The number of aromatic nitrogens is 4. The third-order valence-corrected chi connectivity index (χ3v) is 3.53. The van der Waals surface area contributed by atoms with Gasteiger partial charge in [0, 0.05) is 11.1 Å². The van der Waals surface area contributed by atoms with Crippen molar-refractivity contribution in [2.45, 2.75) is 6.42 Å². The summed E-state index contributed by atoms with van der Waals surface area (Å²) < 4.78 is 1.59. The number of anilines is 1. The Balaban J connectivity index is 1.79. The van der Waals surface area contributed by atoms with Crippen LogP contribution in [0, 0.1) is 0 Å². The Bertz CT molecular complexity index is 693. The molecule has 7 heteroatoms. The molecule has 0 radical (unpaired) electrons. The van der Waals surface area contributed by atoms with Gasteiger partial charge in [-0.3, -0.25) is 9.78 Å². The summed E-state index contributed by atoms with van der Waals surface area (Å²) in [6, 6.07) is 5.64. The first kappa shape index (κ1) is 12.5. The standard InChI is InChI=1S/C13H11N5OS/c19-13(8-10-2-1-7-20-10)16-11-9-14-4-3-12(11)18-6-5-15-17-18/h1-7,9H,8H2,(H,16,19). The highest BCUT2D eigenvalue weighted by Gasteiger charge is 2.10. The first-order chi connectivity index (χ1) is 9.83. The molecule has 0 saturated carbocycles. The van der Waals surface area contributed by atoms with E-state index < -0.39 is 0 Å². The summed E-state index contributed by atoms with van der Waals surface area (Å²) in [7, 11) is 0. The molecule has 0 aliphatic heterocycles. The molecule has 100 valence electrons. The Morgan fingerprint density at radius 3 is 3.05 bits per heavy atom. The molecule has 3 aromatic rings. The number of nitrogens with zero attached hydrogens (tertiary/aromatic N) is 4. The fourth-order valence-corrected chi connectivity index (χ4v) is 2.49. The lowest BCUT2D eigenvalue weighted by Gasteiger charge is -2.09. The lowest BCUT2D eigenvalue weighted by molar-refractivity contribution is -0.115. The van der Waals surface area contributed by atoms with Crippen LogP contribution in [0.25, 0.3) is 5.69 Å². The van der Waals surface area contributed by atoms with Crippen molar-refractivity contribution in [3.8, 4) is 5.69 Å². The molecular formula is C13H11N5OS. The Hall–Kier alpha value is -2.54. The molecular weight excluding hydrogens is 274 g/mol. The van der Waals surface area contributed by atoms with E-state index in [4.69, 9.17) is 0 Å². The molecule has 0 bridgehead atoms. The zero-order valence-corrected chi connectivity index (χ0v) is 11.2. The fraction of sp³-hybridized carbons (Fsp3) is 0.0769. The normalized spacial score (nSPS) is 10.4. The summed E-state index contributed by atoms with van der Waals surface area (Å²) in [6.45, 7) is 0. The highest BCUT2D eigenvalue weighted by Crippen LogP contribution is 2.18. The van der Waals surface area contributed by atoms with Crippen LogP contribution >= 0.6 is 11.3 Å². The van der Waals surface area contributed by atoms with Gasteiger partial charge in [-0.1, -0.05) is 11.3 Å². The Kier molecular flexibility index (Phi) is 3.51. The highest BCUT2D eigenvalue weighted by atomic mass is 32.1. The summed E-state index contributed by atoms with van der Waals surface area (Å²) in [6.07, 6.45) is 6.89. The Morgan fingerprint density at radius 2 is 2.30 bits per heavy atom. The molecule has 3 heterocycles. The van der Waals surface area contributed by atoms with Crippen molar-refractivity contribution in [1.82, 2.24) is 20.0 Å². The van der Waals surface area contributed by atoms with Crippen LogP contribution in [0.4, 0.5) is 5.69 Å². The predicted octanol–water partition coefficient (Wildman–Crippen LogP) is 1.90. The summed E-state index contributed by atoms with van der Waals surface area (Å²) in [5.74, 6) is -0.0817. The van der Waals surface area contributed by atoms with E-state index in [1.807, 2.05) is 17.5 Å². The first-order valence-corrected chi connectivity index (χ1v) is 6.84. The number of carbonyl (C=O) groups is 1. The van der Waals surface area contributed by atoms with Crippen LogP contribution in [0.15, 0.2) is 48.4 Å². The Morgan fingerprint density at radius 1 is 1.35 bits per heavy atom. The second kappa shape index (κ2) is 5.62. The van der Waals surface area contributed by atoms with Gasteiger partial charge in [-0.15, -0.1) is 16.4 Å². The minimum absolute atomic E-state index is 0.0817. The van der Waals surface area contributed by atoms with Crippen molar-refractivity contribution in [1.29, 1.82) is 0 Å². The van der Waals surface area contributed by atoms with Crippen LogP contribution in [0.2, 0.25) is 0 Å². The average Bonchev–Trinajstić information content (AvgIpc) is 3.11. The summed E-state index contributed by atoms with van der Waals surface area (Å²) in [5, 5.41) is 12.5. The van der Waals surface area contributed by atoms with E-state index in [0.717, 1.165) is 10.6 Å². The van der Waals surface area contributed by atoms with Crippen LogP contribution in [0.5, 0.6) is 0 Å². The third-order valence-electron chi connectivity index (χ3n) is 2.66. The quantitative estimate of drug-likeness (QED) is 0.794. The molecule has 0 atom stereocenters. The molecule has 0 fully saturated rings. The number of hydrogen-bond donors (Lipinski definition) is 1. The van der Waals surface area contributed by atoms with Crippen molar-refractivity contribution in [2.75, 3.05) is 5.32 Å². The van der Waals surface area contributed by atoms with Gasteiger partial charge in [-0.25, -0.2) is 4.68 Å². The number of nitrogens with one attached hydrogen (secondary N) is 1. The fourth-order valence-electron chi connectivity index (χ4n) is 1.79. The van der Waals surface area contributed by atoms with E-state index in [1.165, 1.54) is 0 Å². The van der Waals surface area contributed by atoms with Gasteiger partial charge in [-0.2, -0.15) is 0 Å². The van der Waals surface area contributed by atoms with Gasteiger partial charge in [0.25, 0.3) is 0 Å². The maximum atomic E-state index is 12.0. The lowest BCUT2D eigenvalue weighted by Crippen LogP contribution is -2.15. The predicted molar refractivity (Wildman–Crippen MR) is 75.8 cm³/mol. The molecule has 20 heavy (non-hydrogen) atoms. The molecule has 0 unspecified atom stereocenters. The minimum Gasteiger partial charge on any atom is -0.323 e. The molecule has 0 spiro atoms. The molecule has 1 N–H and O–H groups in total. The smallest absolute Gasteiger partial charge is 0.229 e. The number of pyridine rings is 1. The first-order valence-electron chi connectivity index (χ1n) is 5.96. The summed E-state index contributed by atoms with van der Waals surface area (Å²) in [5.41, 5.74) is 1.34. The van der Waals surface area contributed by atoms with Crippen LogP contribution in [-0.2, 0) is 11.2 Å². The van der Waals surface area contributed by atoms with Gasteiger partial charge >= 0.3 is 0 Å². The minimum atomic E-state index is -0.0817. The lowest BCUT2D eigenvalue weighted by atomic mass is 10.3.